The topological polar surface area (TPSA) is 52.2 Å². The molecule has 1 aliphatic heterocycles. The summed E-state index contributed by atoms with van der Waals surface area (Å²) in [7, 11) is 0. The van der Waals surface area contributed by atoms with Crippen molar-refractivity contribution < 1.29 is 0 Å². The molecule has 0 aliphatic carbocycles. The van der Waals surface area contributed by atoms with Gasteiger partial charge in [0.15, 0.2) is 0 Å². The van der Waals surface area contributed by atoms with Crippen molar-refractivity contribution in [2.24, 2.45) is 0 Å². The van der Waals surface area contributed by atoms with Crippen LogP contribution in [0.15, 0.2) is 70.4 Å². The summed E-state index contributed by atoms with van der Waals surface area (Å²) in [5, 5.41) is 6.60. The molecule has 0 bridgehead atoms. The summed E-state index contributed by atoms with van der Waals surface area (Å²) < 4.78 is 0. The minimum absolute atomic E-state index is 0.177. The average molecular weight is 449 g/mol. The number of thioether (sulfide) groups is 1. The minimum atomic E-state index is -0.177. The van der Waals surface area contributed by atoms with E-state index in [9.17, 15) is 4.79 Å². The first-order valence-electron chi connectivity index (χ1n) is 11.6. The van der Waals surface area contributed by atoms with Gasteiger partial charge in [0.05, 0.1) is 11.4 Å². The van der Waals surface area contributed by atoms with Crippen LogP contribution in [-0.4, -0.2) is 53.6 Å². The standard InChI is InChI=1S/C26H32N4OS/c1-2-3-20-32-25-7-5-4-6-24(25)30-18-16-29(17-19-30)15-14-21-8-10-22(11-9-21)23-12-13-26(31)28-27-23/h4-13H,2-3,14-20H2,1H3,(H,28,31). The van der Waals surface area contributed by atoms with Crippen molar-refractivity contribution in [2.45, 2.75) is 31.1 Å². The fourth-order valence-electron chi connectivity index (χ4n) is 4.01. The van der Waals surface area contributed by atoms with Crippen molar-refractivity contribution in [1.29, 1.82) is 0 Å². The third-order valence-electron chi connectivity index (χ3n) is 5.98. The van der Waals surface area contributed by atoms with Crippen LogP contribution in [0.2, 0.25) is 0 Å². The number of aromatic nitrogens is 2. The maximum atomic E-state index is 11.2. The van der Waals surface area contributed by atoms with Crippen molar-refractivity contribution in [1.82, 2.24) is 15.1 Å². The number of anilines is 1. The first-order chi connectivity index (χ1) is 15.7. The second kappa shape index (κ2) is 11.3. The van der Waals surface area contributed by atoms with Crippen molar-refractivity contribution in [3.8, 4) is 11.3 Å². The van der Waals surface area contributed by atoms with E-state index in [1.807, 2.05) is 11.8 Å². The summed E-state index contributed by atoms with van der Waals surface area (Å²) >= 11 is 2.00. The van der Waals surface area contributed by atoms with E-state index in [-0.39, 0.29) is 5.56 Å². The fraction of sp³-hybridized carbons (Fsp3) is 0.385. The molecule has 3 aromatic rings. The van der Waals surface area contributed by atoms with Crippen LogP contribution in [0.4, 0.5) is 5.69 Å². The number of para-hydroxylation sites is 1. The molecule has 4 rings (SSSR count). The highest BCUT2D eigenvalue weighted by atomic mass is 32.2. The first-order valence-corrected chi connectivity index (χ1v) is 12.6. The number of hydrogen-bond acceptors (Lipinski definition) is 5. The van der Waals surface area contributed by atoms with Gasteiger partial charge in [0.2, 0.25) is 0 Å². The number of rotatable bonds is 9. The Bertz CT molecular complexity index is 1020. The van der Waals surface area contributed by atoms with Crippen LogP contribution >= 0.6 is 11.8 Å². The van der Waals surface area contributed by atoms with Gasteiger partial charge in [-0.2, -0.15) is 5.10 Å². The number of benzene rings is 2. The Morgan fingerprint density at radius 3 is 2.47 bits per heavy atom. The van der Waals surface area contributed by atoms with Crippen LogP contribution in [-0.2, 0) is 6.42 Å². The summed E-state index contributed by atoms with van der Waals surface area (Å²) in [5.41, 5.74) is 4.37. The van der Waals surface area contributed by atoms with E-state index < -0.39 is 0 Å². The minimum Gasteiger partial charge on any atom is -0.368 e. The summed E-state index contributed by atoms with van der Waals surface area (Å²) in [6.07, 6.45) is 3.57. The second-order valence-electron chi connectivity index (χ2n) is 8.25. The summed E-state index contributed by atoms with van der Waals surface area (Å²) in [6.45, 7) is 7.71. The van der Waals surface area contributed by atoms with Gasteiger partial charge in [-0.15, -0.1) is 11.8 Å². The maximum Gasteiger partial charge on any atom is 0.264 e. The SMILES string of the molecule is CCCCSc1ccccc1N1CCN(CCc2ccc(-c3ccc(=O)[nH]n3)cc2)CC1. The number of nitrogens with zero attached hydrogens (tertiary/aromatic N) is 3. The largest absolute Gasteiger partial charge is 0.368 e. The summed E-state index contributed by atoms with van der Waals surface area (Å²) in [6, 6.07) is 20.7. The smallest absolute Gasteiger partial charge is 0.264 e. The number of H-pyrrole nitrogens is 1. The molecule has 5 nitrogen and oxygen atoms in total. The zero-order valence-corrected chi connectivity index (χ0v) is 19.6. The number of hydrogen-bond donors (Lipinski definition) is 1. The normalized spacial score (nSPS) is 14.6. The lowest BCUT2D eigenvalue weighted by atomic mass is 10.1. The number of piperazine rings is 1. The van der Waals surface area contributed by atoms with Crippen molar-refractivity contribution in [3.63, 3.8) is 0 Å². The molecule has 0 radical (unpaired) electrons. The van der Waals surface area contributed by atoms with E-state index in [1.54, 1.807) is 6.07 Å². The lowest BCUT2D eigenvalue weighted by Gasteiger charge is -2.37. The van der Waals surface area contributed by atoms with E-state index in [0.717, 1.165) is 50.4 Å². The molecule has 1 N–H and O–H groups in total. The summed E-state index contributed by atoms with van der Waals surface area (Å²) in [4.78, 5) is 17.7. The zero-order valence-electron chi connectivity index (χ0n) is 18.8. The molecule has 6 heteroatoms. The highest BCUT2D eigenvalue weighted by molar-refractivity contribution is 7.99. The zero-order chi connectivity index (χ0) is 22.2. The fourth-order valence-corrected chi connectivity index (χ4v) is 5.19. The van der Waals surface area contributed by atoms with Crippen molar-refractivity contribution in [3.05, 3.63) is 76.6 Å². The third kappa shape index (κ3) is 6.02. The van der Waals surface area contributed by atoms with Gasteiger partial charge in [-0.3, -0.25) is 9.69 Å². The molecule has 168 valence electrons. The van der Waals surface area contributed by atoms with Crippen LogP contribution < -0.4 is 10.5 Å². The molecule has 0 spiro atoms. The molecular weight excluding hydrogens is 416 g/mol. The Morgan fingerprint density at radius 2 is 1.75 bits per heavy atom. The number of unbranched alkanes of at least 4 members (excludes halogenated alkanes) is 1. The summed E-state index contributed by atoms with van der Waals surface area (Å²) in [5.74, 6) is 1.20. The van der Waals surface area contributed by atoms with Gasteiger partial charge >= 0.3 is 0 Å². The molecule has 1 saturated heterocycles. The molecule has 2 heterocycles. The van der Waals surface area contributed by atoms with Gasteiger partial charge in [-0.1, -0.05) is 49.7 Å². The highest BCUT2D eigenvalue weighted by Crippen LogP contribution is 2.31. The van der Waals surface area contributed by atoms with E-state index in [1.165, 1.54) is 40.8 Å². The van der Waals surface area contributed by atoms with Crippen molar-refractivity contribution in [2.75, 3.05) is 43.4 Å². The molecule has 2 aromatic carbocycles. The lowest BCUT2D eigenvalue weighted by Crippen LogP contribution is -2.47. The van der Waals surface area contributed by atoms with Gasteiger partial charge in [-0.05, 0) is 42.4 Å². The molecule has 0 saturated carbocycles. The van der Waals surface area contributed by atoms with Crippen molar-refractivity contribution >= 4 is 17.4 Å². The Hall–Kier alpha value is -2.57. The van der Waals surface area contributed by atoms with Crippen LogP contribution in [0, 0.1) is 0 Å². The Balaban J connectivity index is 1.27. The van der Waals surface area contributed by atoms with Gasteiger partial charge < -0.3 is 4.90 Å². The molecule has 1 aliphatic rings. The van der Waals surface area contributed by atoms with Crippen LogP contribution in [0.1, 0.15) is 25.3 Å². The molecule has 0 amide bonds. The second-order valence-corrected chi connectivity index (χ2v) is 9.39. The van der Waals surface area contributed by atoms with Gasteiger partial charge in [-0.25, -0.2) is 5.10 Å². The highest BCUT2D eigenvalue weighted by Gasteiger charge is 2.19. The quantitative estimate of drug-likeness (QED) is 0.380. The van der Waals surface area contributed by atoms with E-state index in [4.69, 9.17) is 0 Å². The van der Waals surface area contributed by atoms with E-state index in [0.29, 0.717) is 0 Å². The lowest BCUT2D eigenvalue weighted by molar-refractivity contribution is 0.260. The Labute approximate surface area is 194 Å². The van der Waals surface area contributed by atoms with Gasteiger partial charge in [0.25, 0.3) is 5.56 Å². The Morgan fingerprint density at radius 1 is 0.969 bits per heavy atom. The van der Waals surface area contributed by atoms with Gasteiger partial charge in [0, 0.05) is 49.2 Å². The molecule has 32 heavy (non-hydrogen) atoms. The van der Waals surface area contributed by atoms with Crippen LogP contribution in [0.3, 0.4) is 0 Å². The average Bonchev–Trinajstić information content (AvgIpc) is 2.84. The number of aromatic amines is 1. The predicted octanol–water partition coefficient (Wildman–Crippen LogP) is 4.69. The van der Waals surface area contributed by atoms with Crippen LogP contribution in [0.25, 0.3) is 11.3 Å². The van der Waals surface area contributed by atoms with E-state index >= 15 is 0 Å². The molecule has 0 unspecified atom stereocenters. The molecular formula is C26H32N4OS. The van der Waals surface area contributed by atoms with Gasteiger partial charge in [0.1, 0.15) is 0 Å². The Kier molecular flexibility index (Phi) is 8.02. The molecule has 1 aromatic heterocycles. The molecule has 1 fully saturated rings. The molecule has 0 atom stereocenters. The monoisotopic (exact) mass is 448 g/mol. The maximum absolute atomic E-state index is 11.2. The van der Waals surface area contributed by atoms with Crippen LogP contribution in [0.5, 0.6) is 0 Å². The third-order valence-corrected chi connectivity index (χ3v) is 7.13. The number of nitrogens with one attached hydrogen (secondary N) is 1. The van der Waals surface area contributed by atoms with E-state index in [2.05, 4.69) is 75.5 Å². The predicted molar refractivity (Wildman–Crippen MR) is 135 cm³/mol. The first kappa shape index (κ1) is 22.6.